The summed E-state index contributed by atoms with van der Waals surface area (Å²) in [5, 5.41) is 5.23. The van der Waals surface area contributed by atoms with E-state index in [4.69, 9.17) is 0 Å². The number of carbonyl (C=O) groups is 1. The van der Waals surface area contributed by atoms with Crippen molar-refractivity contribution in [2.75, 3.05) is 23.3 Å². The number of hydrogen-bond acceptors (Lipinski definition) is 5. The van der Waals surface area contributed by atoms with E-state index in [1.54, 1.807) is 4.90 Å². The number of amides is 1. The maximum atomic E-state index is 14.4. The number of nitrogens with one attached hydrogen (secondary N) is 1. The molecule has 4 nitrogen and oxygen atoms in total. The van der Waals surface area contributed by atoms with E-state index in [0.717, 1.165) is 34.9 Å². The lowest BCUT2D eigenvalue weighted by molar-refractivity contribution is 0.103. The van der Waals surface area contributed by atoms with Crippen LogP contribution in [0.25, 0.3) is 9.88 Å². The second-order valence-corrected chi connectivity index (χ2v) is 7.92. The lowest BCUT2D eigenvalue weighted by Crippen LogP contribution is -2.21. The van der Waals surface area contributed by atoms with Crippen LogP contribution < -0.4 is 10.2 Å². The van der Waals surface area contributed by atoms with Gasteiger partial charge in [-0.3, -0.25) is 4.79 Å². The first-order valence-corrected chi connectivity index (χ1v) is 9.86. The van der Waals surface area contributed by atoms with Crippen LogP contribution in [0.5, 0.6) is 0 Å². The monoisotopic (exact) mass is 391 g/mol. The van der Waals surface area contributed by atoms with Gasteiger partial charge in [0.25, 0.3) is 5.91 Å². The van der Waals surface area contributed by atoms with Gasteiger partial charge in [0.1, 0.15) is 15.6 Å². The molecule has 3 aromatic rings. The van der Waals surface area contributed by atoms with Gasteiger partial charge in [-0.2, -0.15) is 0 Å². The highest BCUT2D eigenvalue weighted by Crippen LogP contribution is 2.31. The van der Waals surface area contributed by atoms with Gasteiger partial charge in [0, 0.05) is 18.8 Å². The molecule has 1 amide bonds. The molecule has 1 fully saturated rings. The average molecular weight is 391 g/mol. The molecule has 1 N–H and O–H groups in total. The summed E-state index contributed by atoms with van der Waals surface area (Å²) in [6, 6.07) is 6.16. The maximum absolute atomic E-state index is 14.4. The molecule has 0 saturated carbocycles. The summed E-state index contributed by atoms with van der Waals surface area (Å²) in [5.74, 6) is -1.76. The van der Waals surface area contributed by atoms with Crippen molar-refractivity contribution >= 4 is 40.0 Å². The normalized spacial score (nSPS) is 14.0. The minimum atomic E-state index is -0.661. The van der Waals surface area contributed by atoms with Crippen LogP contribution in [0.2, 0.25) is 0 Å². The van der Waals surface area contributed by atoms with Crippen molar-refractivity contribution in [1.82, 2.24) is 4.98 Å². The molecule has 26 heavy (non-hydrogen) atoms. The van der Waals surface area contributed by atoms with Gasteiger partial charge >= 0.3 is 0 Å². The quantitative estimate of drug-likeness (QED) is 0.681. The summed E-state index contributed by atoms with van der Waals surface area (Å²) in [6.07, 6.45) is 3.32. The summed E-state index contributed by atoms with van der Waals surface area (Å²) in [4.78, 5) is 19.7. The number of halogens is 2. The maximum Gasteiger partial charge on any atom is 0.267 e. The standard InChI is InChI=1S/C18H15F2N3OS2/c19-12-8-11(9-13(20)16(12)23-5-1-2-6-23)22-17(24)15-10-21-18(26-15)14-4-3-7-25-14/h3-4,7-10H,1-2,5-6H2,(H,22,24). The lowest BCUT2D eigenvalue weighted by atomic mass is 10.2. The highest BCUT2D eigenvalue weighted by Gasteiger charge is 2.22. The second-order valence-electron chi connectivity index (χ2n) is 5.94. The van der Waals surface area contributed by atoms with E-state index >= 15 is 0 Å². The van der Waals surface area contributed by atoms with Crippen LogP contribution in [0.15, 0.2) is 35.8 Å². The highest BCUT2D eigenvalue weighted by atomic mass is 32.1. The smallest absolute Gasteiger partial charge is 0.267 e. The molecule has 1 saturated heterocycles. The Hall–Kier alpha value is -2.32. The molecule has 3 heterocycles. The molecule has 1 aromatic carbocycles. The van der Waals surface area contributed by atoms with E-state index in [1.807, 2.05) is 17.5 Å². The minimum absolute atomic E-state index is 0.0155. The average Bonchev–Trinajstić information content (AvgIpc) is 3.35. The predicted molar refractivity (Wildman–Crippen MR) is 101 cm³/mol. The summed E-state index contributed by atoms with van der Waals surface area (Å²) in [6.45, 7) is 1.29. The van der Waals surface area contributed by atoms with Crippen LogP contribution in [-0.2, 0) is 0 Å². The Morgan fingerprint density at radius 3 is 2.58 bits per heavy atom. The number of anilines is 2. The zero-order valence-electron chi connectivity index (χ0n) is 13.7. The molecule has 1 aliphatic rings. The largest absolute Gasteiger partial charge is 0.367 e. The number of carbonyl (C=O) groups excluding carboxylic acids is 1. The third kappa shape index (κ3) is 3.34. The molecule has 8 heteroatoms. The molecule has 1 aliphatic heterocycles. The van der Waals surface area contributed by atoms with E-state index in [9.17, 15) is 13.6 Å². The third-order valence-electron chi connectivity index (χ3n) is 4.16. The molecule has 0 aliphatic carbocycles. The van der Waals surface area contributed by atoms with E-state index < -0.39 is 17.5 Å². The van der Waals surface area contributed by atoms with Gasteiger partial charge in [-0.25, -0.2) is 13.8 Å². The predicted octanol–water partition coefficient (Wildman–Crippen LogP) is 5.00. The Kier molecular flexibility index (Phi) is 4.69. The molecule has 0 unspecified atom stereocenters. The highest BCUT2D eigenvalue weighted by molar-refractivity contribution is 7.22. The number of thiazole rings is 1. The van der Waals surface area contributed by atoms with E-state index in [0.29, 0.717) is 18.0 Å². The zero-order valence-corrected chi connectivity index (χ0v) is 15.3. The molecule has 0 radical (unpaired) electrons. The van der Waals surface area contributed by atoms with Crippen molar-refractivity contribution in [1.29, 1.82) is 0 Å². The molecule has 0 spiro atoms. The molecule has 134 valence electrons. The van der Waals surface area contributed by atoms with Crippen molar-refractivity contribution in [3.8, 4) is 9.88 Å². The molecular formula is C18H15F2N3OS2. The van der Waals surface area contributed by atoms with Gasteiger partial charge in [-0.05, 0) is 36.4 Å². The van der Waals surface area contributed by atoms with Gasteiger partial charge in [0.2, 0.25) is 0 Å². The second kappa shape index (κ2) is 7.13. The molecule has 0 atom stereocenters. The fourth-order valence-corrected chi connectivity index (χ4v) is 4.58. The lowest BCUT2D eigenvalue weighted by Gasteiger charge is -2.19. The summed E-state index contributed by atoms with van der Waals surface area (Å²) in [5.41, 5.74) is 0.0808. The molecule has 2 aromatic heterocycles. The van der Waals surface area contributed by atoms with Gasteiger partial charge in [-0.1, -0.05) is 6.07 Å². The zero-order chi connectivity index (χ0) is 18.1. The number of benzene rings is 1. The van der Waals surface area contributed by atoms with Crippen LogP contribution >= 0.6 is 22.7 Å². The van der Waals surface area contributed by atoms with Gasteiger partial charge in [0.05, 0.1) is 11.1 Å². The van der Waals surface area contributed by atoms with Crippen molar-refractivity contribution in [3.05, 3.63) is 52.4 Å². The van der Waals surface area contributed by atoms with Crippen molar-refractivity contribution in [2.45, 2.75) is 12.8 Å². The van der Waals surface area contributed by atoms with Gasteiger partial charge in [0.15, 0.2) is 11.6 Å². The van der Waals surface area contributed by atoms with Crippen LogP contribution in [0.4, 0.5) is 20.2 Å². The fourth-order valence-electron chi connectivity index (χ4n) is 2.97. The van der Waals surface area contributed by atoms with Crippen LogP contribution in [-0.4, -0.2) is 24.0 Å². The van der Waals surface area contributed by atoms with Gasteiger partial charge < -0.3 is 10.2 Å². The Bertz CT molecular complexity index is 911. The number of hydrogen-bond donors (Lipinski definition) is 1. The minimum Gasteiger partial charge on any atom is -0.367 e. The van der Waals surface area contributed by atoms with Crippen molar-refractivity contribution in [3.63, 3.8) is 0 Å². The van der Waals surface area contributed by atoms with Gasteiger partial charge in [-0.15, -0.1) is 22.7 Å². The van der Waals surface area contributed by atoms with E-state index in [-0.39, 0.29) is 11.4 Å². The number of aromatic nitrogens is 1. The first-order chi connectivity index (χ1) is 12.6. The van der Waals surface area contributed by atoms with Crippen molar-refractivity contribution < 1.29 is 13.6 Å². The Morgan fingerprint density at radius 1 is 1.19 bits per heavy atom. The van der Waals surface area contributed by atoms with Crippen LogP contribution in [0, 0.1) is 11.6 Å². The van der Waals surface area contributed by atoms with Crippen LogP contribution in [0.3, 0.4) is 0 Å². The van der Waals surface area contributed by atoms with E-state index in [1.165, 1.54) is 28.9 Å². The molecule has 0 bridgehead atoms. The first-order valence-electron chi connectivity index (χ1n) is 8.17. The Labute approximate surface area is 157 Å². The number of nitrogens with zero attached hydrogens (tertiary/aromatic N) is 2. The fraction of sp³-hybridized carbons (Fsp3) is 0.222. The van der Waals surface area contributed by atoms with Crippen LogP contribution in [0.1, 0.15) is 22.5 Å². The third-order valence-corrected chi connectivity index (χ3v) is 6.19. The SMILES string of the molecule is O=C(Nc1cc(F)c(N2CCCC2)c(F)c1)c1cnc(-c2cccs2)s1. The van der Waals surface area contributed by atoms with E-state index in [2.05, 4.69) is 10.3 Å². The topological polar surface area (TPSA) is 45.2 Å². The Morgan fingerprint density at radius 2 is 1.92 bits per heavy atom. The summed E-state index contributed by atoms with van der Waals surface area (Å²) >= 11 is 2.78. The molecule has 4 rings (SSSR count). The summed E-state index contributed by atoms with van der Waals surface area (Å²) < 4.78 is 28.7. The number of rotatable bonds is 4. The summed E-state index contributed by atoms with van der Waals surface area (Å²) in [7, 11) is 0. The van der Waals surface area contributed by atoms with Crippen molar-refractivity contribution in [2.24, 2.45) is 0 Å². The molecular weight excluding hydrogens is 376 g/mol. The Balaban J connectivity index is 1.53. The number of thiophene rings is 1. The first kappa shape index (κ1) is 17.1.